The van der Waals surface area contributed by atoms with E-state index in [1.54, 1.807) is 35.2 Å². The lowest BCUT2D eigenvalue weighted by atomic mass is 10.0. The van der Waals surface area contributed by atoms with E-state index in [4.69, 9.17) is 11.6 Å². The van der Waals surface area contributed by atoms with E-state index in [9.17, 15) is 9.59 Å². The summed E-state index contributed by atoms with van der Waals surface area (Å²) < 4.78 is 0. The smallest absolute Gasteiger partial charge is 0.274 e. The zero-order valence-corrected chi connectivity index (χ0v) is 15.8. The van der Waals surface area contributed by atoms with E-state index in [2.05, 4.69) is 10.3 Å². The second kappa shape index (κ2) is 7.82. The molecule has 1 N–H and O–H groups in total. The molecule has 0 unspecified atom stereocenters. The van der Waals surface area contributed by atoms with Crippen molar-refractivity contribution in [2.45, 2.75) is 12.8 Å². The van der Waals surface area contributed by atoms with Crippen LogP contribution in [-0.2, 0) is 6.42 Å². The van der Waals surface area contributed by atoms with Crippen LogP contribution in [0.1, 0.15) is 32.8 Å². The summed E-state index contributed by atoms with van der Waals surface area (Å²) in [6.07, 6.45) is 3.36. The lowest BCUT2D eigenvalue weighted by molar-refractivity contribution is 0.0985. The molecule has 6 heteroatoms. The highest BCUT2D eigenvalue weighted by Crippen LogP contribution is 2.28. The predicted octanol–water partition coefficient (Wildman–Crippen LogP) is 4.58. The Morgan fingerprint density at radius 2 is 1.82 bits per heavy atom. The van der Waals surface area contributed by atoms with Gasteiger partial charge in [0.25, 0.3) is 11.8 Å². The number of aromatic nitrogens is 1. The Labute approximate surface area is 168 Å². The van der Waals surface area contributed by atoms with Crippen LogP contribution in [-0.4, -0.2) is 23.3 Å². The van der Waals surface area contributed by atoms with Gasteiger partial charge in [0.2, 0.25) is 0 Å². The van der Waals surface area contributed by atoms with Crippen molar-refractivity contribution in [1.82, 2.24) is 4.98 Å². The molecule has 0 saturated heterocycles. The highest BCUT2D eigenvalue weighted by Gasteiger charge is 2.24. The number of para-hydroxylation sites is 1. The van der Waals surface area contributed by atoms with Crippen LogP contribution in [0.3, 0.4) is 0 Å². The standard InChI is InChI=1S/C22H18ClN3O2/c23-17-7-9-18(10-8-17)25-21(27)19-14-16(11-12-24-19)22(28)26-13-3-5-15-4-1-2-6-20(15)26/h1-2,4,6-12,14H,3,5,13H2,(H,25,27). The van der Waals surface area contributed by atoms with Gasteiger partial charge in [0.15, 0.2) is 0 Å². The number of nitrogens with one attached hydrogen (secondary N) is 1. The first-order chi connectivity index (χ1) is 13.6. The number of rotatable bonds is 3. The molecule has 0 bridgehead atoms. The van der Waals surface area contributed by atoms with Gasteiger partial charge in [-0.1, -0.05) is 29.8 Å². The summed E-state index contributed by atoms with van der Waals surface area (Å²) in [5.74, 6) is -0.508. The lowest BCUT2D eigenvalue weighted by Crippen LogP contribution is -2.35. The SMILES string of the molecule is O=C(Nc1ccc(Cl)cc1)c1cc(C(=O)N2CCCc3ccccc32)ccn1. The largest absolute Gasteiger partial charge is 0.321 e. The molecule has 1 aromatic heterocycles. The number of carbonyl (C=O) groups excluding carboxylic acids is 2. The van der Waals surface area contributed by atoms with Crippen LogP contribution in [0.5, 0.6) is 0 Å². The zero-order valence-electron chi connectivity index (χ0n) is 15.1. The van der Waals surface area contributed by atoms with Crippen LogP contribution in [0, 0.1) is 0 Å². The van der Waals surface area contributed by atoms with Crippen LogP contribution in [0.15, 0.2) is 66.9 Å². The predicted molar refractivity (Wildman–Crippen MR) is 110 cm³/mol. The number of benzene rings is 2. The monoisotopic (exact) mass is 391 g/mol. The van der Waals surface area contributed by atoms with Gasteiger partial charge in [-0.2, -0.15) is 0 Å². The third-order valence-electron chi connectivity index (χ3n) is 4.70. The molecule has 5 nitrogen and oxygen atoms in total. The first-order valence-electron chi connectivity index (χ1n) is 9.04. The second-order valence-corrected chi connectivity index (χ2v) is 7.02. The lowest BCUT2D eigenvalue weighted by Gasteiger charge is -2.29. The number of amides is 2. The number of halogens is 1. The van der Waals surface area contributed by atoms with Gasteiger partial charge >= 0.3 is 0 Å². The van der Waals surface area contributed by atoms with E-state index in [-0.39, 0.29) is 17.5 Å². The number of hydrogen-bond acceptors (Lipinski definition) is 3. The van der Waals surface area contributed by atoms with Crippen molar-refractivity contribution in [2.75, 3.05) is 16.8 Å². The molecule has 0 saturated carbocycles. The topological polar surface area (TPSA) is 62.3 Å². The van der Waals surface area contributed by atoms with Crippen molar-refractivity contribution >= 4 is 34.8 Å². The van der Waals surface area contributed by atoms with Crippen LogP contribution in [0.25, 0.3) is 0 Å². The molecular weight excluding hydrogens is 374 g/mol. The third-order valence-corrected chi connectivity index (χ3v) is 4.95. The molecule has 140 valence electrons. The molecular formula is C22H18ClN3O2. The summed E-state index contributed by atoms with van der Waals surface area (Å²) in [7, 11) is 0. The van der Waals surface area contributed by atoms with Crippen LogP contribution in [0.4, 0.5) is 11.4 Å². The number of fused-ring (bicyclic) bond motifs is 1. The number of nitrogens with zero attached hydrogens (tertiary/aromatic N) is 2. The van der Waals surface area contributed by atoms with Gasteiger partial charge in [0.1, 0.15) is 5.69 Å². The molecule has 0 spiro atoms. The fourth-order valence-electron chi connectivity index (χ4n) is 3.32. The molecule has 4 rings (SSSR count). The van der Waals surface area contributed by atoms with Crippen molar-refractivity contribution in [3.63, 3.8) is 0 Å². The number of pyridine rings is 1. The normalized spacial score (nSPS) is 13.0. The molecule has 3 aromatic rings. The first-order valence-corrected chi connectivity index (χ1v) is 9.42. The van der Waals surface area contributed by atoms with Gasteiger partial charge in [0, 0.05) is 34.7 Å². The third kappa shape index (κ3) is 3.75. The molecule has 2 amide bonds. The van der Waals surface area contributed by atoms with Crippen LogP contribution < -0.4 is 10.2 Å². The van der Waals surface area contributed by atoms with E-state index in [1.165, 1.54) is 12.3 Å². The zero-order chi connectivity index (χ0) is 19.5. The van der Waals surface area contributed by atoms with Crippen LogP contribution >= 0.6 is 11.6 Å². The van der Waals surface area contributed by atoms with Gasteiger partial charge in [-0.15, -0.1) is 0 Å². The van der Waals surface area contributed by atoms with Crippen molar-refractivity contribution in [3.8, 4) is 0 Å². The molecule has 0 aliphatic carbocycles. The Hall–Kier alpha value is -3.18. The molecule has 2 heterocycles. The minimum Gasteiger partial charge on any atom is -0.321 e. The highest BCUT2D eigenvalue weighted by molar-refractivity contribution is 6.30. The fourth-order valence-corrected chi connectivity index (χ4v) is 3.44. The molecule has 28 heavy (non-hydrogen) atoms. The number of aryl methyl sites for hydroxylation is 1. The van der Waals surface area contributed by atoms with Gasteiger partial charge in [0.05, 0.1) is 0 Å². The van der Waals surface area contributed by atoms with E-state index in [0.717, 1.165) is 24.1 Å². The Morgan fingerprint density at radius 3 is 2.64 bits per heavy atom. The summed E-state index contributed by atoms with van der Waals surface area (Å²) >= 11 is 5.86. The summed E-state index contributed by atoms with van der Waals surface area (Å²) in [5.41, 5.74) is 3.33. The maximum atomic E-state index is 13.1. The van der Waals surface area contributed by atoms with Crippen molar-refractivity contribution < 1.29 is 9.59 Å². The Bertz CT molecular complexity index is 1030. The number of carbonyl (C=O) groups is 2. The molecule has 0 fully saturated rings. The Morgan fingerprint density at radius 1 is 1.04 bits per heavy atom. The van der Waals surface area contributed by atoms with E-state index in [0.29, 0.717) is 22.8 Å². The minimum atomic E-state index is -0.379. The minimum absolute atomic E-state index is 0.130. The van der Waals surface area contributed by atoms with Gasteiger partial charge in [-0.25, -0.2) is 0 Å². The van der Waals surface area contributed by atoms with Crippen LogP contribution in [0.2, 0.25) is 5.02 Å². The fraction of sp³-hybridized carbons (Fsp3) is 0.136. The van der Waals surface area contributed by atoms with E-state index >= 15 is 0 Å². The quantitative estimate of drug-likeness (QED) is 0.710. The molecule has 1 aliphatic heterocycles. The van der Waals surface area contributed by atoms with Crippen molar-refractivity contribution in [2.24, 2.45) is 0 Å². The van der Waals surface area contributed by atoms with Gasteiger partial charge in [-0.3, -0.25) is 14.6 Å². The molecule has 0 atom stereocenters. The van der Waals surface area contributed by atoms with Gasteiger partial charge < -0.3 is 10.2 Å². The molecule has 0 radical (unpaired) electrons. The van der Waals surface area contributed by atoms with Gasteiger partial charge in [-0.05, 0) is 60.9 Å². The Kier molecular flexibility index (Phi) is 5.08. The maximum Gasteiger partial charge on any atom is 0.274 e. The highest BCUT2D eigenvalue weighted by atomic mass is 35.5. The average Bonchev–Trinajstić information content (AvgIpc) is 2.74. The number of hydrogen-bond donors (Lipinski definition) is 1. The molecule has 2 aromatic carbocycles. The summed E-state index contributed by atoms with van der Waals surface area (Å²) in [5, 5.41) is 3.35. The van der Waals surface area contributed by atoms with Crippen molar-refractivity contribution in [3.05, 3.63) is 88.7 Å². The average molecular weight is 392 g/mol. The summed E-state index contributed by atoms with van der Waals surface area (Å²) in [6, 6.07) is 17.9. The maximum absolute atomic E-state index is 13.1. The summed E-state index contributed by atoms with van der Waals surface area (Å²) in [4.78, 5) is 31.5. The molecule has 1 aliphatic rings. The van der Waals surface area contributed by atoms with Crippen molar-refractivity contribution in [1.29, 1.82) is 0 Å². The summed E-state index contributed by atoms with van der Waals surface area (Å²) in [6.45, 7) is 0.657. The van der Waals surface area contributed by atoms with E-state index < -0.39 is 0 Å². The number of anilines is 2. The first kappa shape index (κ1) is 18.2. The Balaban J connectivity index is 1.56. The second-order valence-electron chi connectivity index (χ2n) is 6.58. The van der Waals surface area contributed by atoms with E-state index in [1.807, 2.05) is 24.3 Å².